The zero-order valence-electron chi connectivity index (χ0n) is 14.7. The summed E-state index contributed by atoms with van der Waals surface area (Å²) in [5, 5.41) is 8.76. The van der Waals surface area contributed by atoms with Gasteiger partial charge in [-0.05, 0) is 54.8 Å². The summed E-state index contributed by atoms with van der Waals surface area (Å²) in [5.41, 5.74) is 3.88. The van der Waals surface area contributed by atoms with Crippen LogP contribution < -0.4 is 0 Å². The zero-order valence-corrected chi connectivity index (χ0v) is 16.2. The Balaban J connectivity index is 1.55. The van der Waals surface area contributed by atoms with Crippen molar-refractivity contribution in [1.29, 1.82) is 0 Å². The van der Waals surface area contributed by atoms with Gasteiger partial charge in [0.2, 0.25) is 0 Å². The van der Waals surface area contributed by atoms with E-state index in [0.29, 0.717) is 22.2 Å². The van der Waals surface area contributed by atoms with E-state index in [4.69, 9.17) is 23.2 Å². The molecule has 3 aromatic rings. The summed E-state index contributed by atoms with van der Waals surface area (Å²) < 4.78 is 0. The molecular formula is C21H19Cl2N3O. The van der Waals surface area contributed by atoms with Gasteiger partial charge in [0.25, 0.3) is 5.91 Å². The second kappa shape index (κ2) is 7.75. The summed E-state index contributed by atoms with van der Waals surface area (Å²) in [6.45, 7) is 1.44. The third-order valence-electron chi connectivity index (χ3n) is 5.03. The van der Waals surface area contributed by atoms with E-state index in [9.17, 15) is 4.79 Å². The summed E-state index contributed by atoms with van der Waals surface area (Å²) in [6, 6.07) is 14.8. The van der Waals surface area contributed by atoms with Gasteiger partial charge in [0.05, 0.1) is 6.20 Å². The molecule has 1 aliphatic heterocycles. The average Bonchev–Trinajstić information content (AvgIpc) is 3.18. The molecule has 2 heterocycles. The van der Waals surface area contributed by atoms with Crippen molar-refractivity contribution in [2.24, 2.45) is 0 Å². The summed E-state index contributed by atoms with van der Waals surface area (Å²) in [5.74, 6) is 0.270. The summed E-state index contributed by atoms with van der Waals surface area (Å²) in [7, 11) is 0. The fraction of sp³-hybridized carbons (Fsp3) is 0.238. The van der Waals surface area contributed by atoms with Crippen molar-refractivity contribution in [2.75, 3.05) is 13.1 Å². The van der Waals surface area contributed by atoms with Crippen LogP contribution in [0.5, 0.6) is 0 Å². The van der Waals surface area contributed by atoms with Crippen LogP contribution in [0.25, 0.3) is 11.1 Å². The standard InChI is InChI=1S/C21H19Cl2N3O/c22-17-7-3-14(4-8-17)19-12-24-25-20(19)16-2-1-11-26(13-16)21(27)15-5-9-18(23)10-6-15/h3-10,12,16H,1-2,11,13H2,(H,24,25). The number of aromatic nitrogens is 2. The second-order valence-corrected chi connectivity index (χ2v) is 7.67. The first-order valence-electron chi connectivity index (χ1n) is 8.96. The Morgan fingerprint density at radius 1 is 1.04 bits per heavy atom. The minimum Gasteiger partial charge on any atom is -0.338 e. The first-order valence-corrected chi connectivity index (χ1v) is 9.71. The van der Waals surface area contributed by atoms with Gasteiger partial charge in [-0.3, -0.25) is 9.89 Å². The van der Waals surface area contributed by atoms with Crippen molar-refractivity contribution in [3.63, 3.8) is 0 Å². The van der Waals surface area contributed by atoms with Gasteiger partial charge in [0, 0.05) is 45.9 Å². The monoisotopic (exact) mass is 399 g/mol. The number of carbonyl (C=O) groups is 1. The lowest BCUT2D eigenvalue weighted by atomic mass is 9.90. The maximum atomic E-state index is 12.9. The van der Waals surface area contributed by atoms with Crippen LogP contribution in [0, 0.1) is 0 Å². The lowest BCUT2D eigenvalue weighted by Crippen LogP contribution is -2.39. The molecule has 0 radical (unpaired) electrons. The smallest absolute Gasteiger partial charge is 0.253 e. The van der Waals surface area contributed by atoms with E-state index in [-0.39, 0.29) is 11.8 Å². The number of halogens is 2. The predicted octanol–water partition coefficient (Wildman–Crippen LogP) is 5.40. The quantitative estimate of drug-likeness (QED) is 0.640. The number of nitrogens with zero attached hydrogens (tertiary/aromatic N) is 2. The van der Waals surface area contributed by atoms with Crippen LogP contribution >= 0.6 is 23.2 Å². The Labute approximate surface area is 168 Å². The van der Waals surface area contributed by atoms with E-state index in [1.165, 1.54) is 0 Å². The first kappa shape index (κ1) is 18.1. The molecule has 1 aliphatic rings. The van der Waals surface area contributed by atoms with Crippen molar-refractivity contribution >= 4 is 29.1 Å². The molecule has 0 aliphatic carbocycles. The van der Waals surface area contributed by atoms with Crippen LogP contribution in [0.2, 0.25) is 10.0 Å². The van der Waals surface area contributed by atoms with Crippen molar-refractivity contribution in [1.82, 2.24) is 15.1 Å². The summed E-state index contributed by atoms with van der Waals surface area (Å²) in [4.78, 5) is 14.8. The maximum Gasteiger partial charge on any atom is 0.253 e. The maximum absolute atomic E-state index is 12.9. The molecule has 1 N–H and O–H groups in total. The van der Waals surface area contributed by atoms with Gasteiger partial charge in [-0.1, -0.05) is 35.3 Å². The Morgan fingerprint density at radius 2 is 1.70 bits per heavy atom. The number of rotatable bonds is 3. The number of H-pyrrole nitrogens is 1. The normalized spacial score (nSPS) is 17.1. The van der Waals surface area contributed by atoms with Crippen LogP contribution in [-0.4, -0.2) is 34.1 Å². The topological polar surface area (TPSA) is 49.0 Å². The fourth-order valence-corrected chi connectivity index (χ4v) is 3.89. The molecule has 1 aromatic heterocycles. The molecule has 4 nitrogen and oxygen atoms in total. The minimum absolute atomic E-state index is 0.0453. The number of nitrogens with one attached hydrogen (secondary N) is 1. The van der Waals surface area contributed by atoms with Gasteiger partial charge in [-0.15, -0.1) is 0 Å². The van der Waals surface area contributed by atoms with Crippen molar-refractivity contribution in [2.45, 2.75) is 18.8 Å². The van der Waals surface area contributed by atoms with Gasteiger partial charge in [0.1, 0.15) is 0 Å². The number of aromatic amines is 1. The molecule has 0 saturated carbocycles. The first-order chi connectivity index (χ1) is 13.1. The highest BCUT2D eigenvalue weighted by molar-refractivity contribution is 6.30. The number of hydrogen-bond donors (Lipinski definition) is 1. The molecule has 1 atom stereocenters. The number of amides is 1. The number of piperidine rings is 1. The highest BCUT2D eigenvalue weighted by atomic mass is 35.5. The third kappa shape index (κ3) is 3.87. The van der Waals surface area contributed by atoms with Gasteiger partial charge >= 0.3 is 0 Å². The van der Waals surface area contributed by atoms with E-state index in [1.54, 1.807) is 24.3 Å². The lowest BCUT2D eigenvalue weighted by molar-refractivity contribution is 0.0706. The van der Waals surface area contributed by atoms with Crippen LogP contribution in [0.3, 0.4) is 0 Å². The van der Waals surface area contributed by atoms with E-state index in [2.05, 4.69) is 10.2 Å². The third-order valence-corrected chi connectivity index (χ3v) is 5.54. The molecule has 2 aromatic carbocycles. The van der Waals surface area contributed by atoms with Crippen molar-refractivity contribution < 1.29 is 4.79 Å². The Bertz CT molecular complexity index is 935. The van der Waals surface area contributed by atoms with E-state index >= 15 is 0 Å². The van der Waals surface area contributed by atoms with E-state index < -0.39 is 0 Å². The molecule has 1 amide bonds. The molecule has 0 spiro atoms. The zero-order chi connectivity index (χ0) is 18.8. The highest BCUT2D eigenvalue weighted by Crippen LogP contribution is 2.33. The SMILES string of the molecule is O=C(c1ccc(Cl)cc1)N1CCCC(c2[nH]ncc2-c2ccc(Cl)cc2)C1. The van der Waals surface area contributed by atoms with Gasteiger partial charge < -0.3 is 4.90 Å². The van der Waals surface area contributed by atoms with Crippen LogP contribution in [0.1, 0.15) is 34.8 Å². The van der Waals surface area contributed by atoms with Gasteiger partial charge in [-0.2, -0.15) is 5.10 Å². The van der Waals surface area contributed by atoms with Crippen LogP contribution in [0.15, 0.2) is 54.7 Å². The molecule has 27 heavy (non-hydrogen) atoms. The molecule has 138 valence electrons. The minimum atomic E-state index is 0.0453. The molecule has 4 rings (SSSR count). The van der Waals surface area contributed by atoms with Crippen molar-refractivity contribution in [3.05, 3.63) is 76.0 Å². The Hall–Kier alpha value is -2.30. The number of carbonyl (C=O) groups excluding carboxylic acids is 1. The number of benzene rings is 2. The Kier molecular flexibility index (Phi) is 5.19. The molecule has 1 unspecified atom stereocenters. The second-order valence-electron chi connectivity index (χ2n) is 6.80. The summed E-state index contributed by atoms with van der Waals surface area (Å²) >= 11 is 11.9. The highest BCUT2D eigenvalue weighted by Gasteiger charge is 2.28. The molecule has 0 bridgehead atoms. The van der Waals surface area contributed by atoms with Crippen LogP contribution in [-0.2, 0) is 0 Å². The largest absolute Gasteiger partial charge is 0.338 e. The van der Waals surface area contributed by atoms with Crippen molar-refractivity contribution in [3.8, 4) is 11.1 Å². The molecule has 1 saturated heterocycles. The fourth-order valence-electron chi connectivity index (χ4n) is 3.64. The van der Waals surface area contributed by atoms with E-state index in [1.807, 2.05) is 35.4 Å². The van der Waals surface area contributed by atoms with Gasteiger partial charge in [-0.25, -0.2) is 0 Å². The number of likely N-dealkylation sites (tertiary alicyclic amines) is 1. The molecule has 1 fully saturated rings. The molecular weight excluding hydrogens is 381 g/mol. The summed E-state index contributed by atoms with van der Waals surface area (Å²) in [6.07, 6.45) is 3.83. The average molecular weight is 400 g/mol. The van der Waals surface area contributed by atoms with E-state index in [0.717, 1.165) is 36.2 Å². The Morgan fingerprint density at radius 3 is 2.41 bits per heavy atom. The van der Waals surface area contributed by atoms with Gasteiger partial charge in [0.15, 0.2) is 0 Å². The number of hydrogen-bond acceptors (Lipinski definition) is 2. The lowest BCUT2D eigenvalue weighted by Gasteiger charge is -2.33. The molecule has 6 heteroatoms. The van der Waals surface area contributed by atoms with Crippen LogP contribution in [0.4, 0.5) is 0 Å². The predicted molar refractivity (Wildman–Crippen MR) is 108 cm³/mol.